The van der Waals surface area contributed by atoms with E-state index in [2.05, 4.69) is 20.6 Å². The maximum Gasteiger partial charge on any atom is 0.325 e. The Morgan fingerprint density at radius 1 is 1.31 bits per heavy atom. The van der Waals surface area contributed by atoms with E-state index in [1.165, 1.54) is 0 Å². The minimum atomic E-state index is -0.797. The maximum atomic E-state index is 12.8. The quantitative estimate of drug-likeness (QED) is 0.602. The second kappa shape index (κ2) is 8.06. The van der Waals surface area contributed by atoms with Gasteiger partial charge in [0.2, 0.25) is 5.91 Å². The van der Waals surface area contributed by atoms with Crippen molar-refractivity contribution in [2.75, 3.05) is 18.6 Å². The van der Waals surface area contributed by atoms with Crippen molar-refractivity contribution in [3.63, 3.8) is 0 Å². The molecule has 154 valence electrons. The second-order valence-electron chi connectivity index (χ2n) is 7.65. The zero-order valence-electron chi connectivity index (χ0n) is 16.4. The summed E-state index contributed by atoms with van der Waals surface area (Å²) in [5.74, 6) is 0.876. The molecule has 2 heterocycles. The monoisotopic (exact) mass is 415 g/mol. The number of carbonyl (C=O) groups is 3. The van der Waals surface area contributed by atoms with Gasteiger partial charge in [0.1, 0.15) is 17.9 Å². The molecule has 29 heavy (non-hydrogen) atoms. The van der Waals surface area contributed by atoms with Crippen molar-refractivity contribution in [1.29, 1.82) is 0 Å². The van der Waals surface area contributed by atoms with Crippen LogP contribution in [0.2, 0.25) is 0 Å². The lowest BCUT2D eigenvalue weighted by Gasteiger charge is -2.21. The van der Waals surface area contributed by atoms with Crippen molar-refractivity contribution in [2.45, 2.75) is 43.7 Å². The standard InChI is InChI=1S/C20H25N5O3S/c1-29-11-8-15(17-22-13-6-2-3-7-14(13)23-17)21-16(26)12-25-18(27)20(24-19(25)28)9-4-5-10-20/h2-3,6-7,15H,4-5,8-12H2,1H3,(H,21,26)(H,22,23)(H,24,28)/t15-/m0/s1. The van der Waals surface area contributed by atoms with Gasteiger partial charge in [0.25, 0.3) is 5.91 Å². The van der Waals surface area contributed by atoms with E-state index >= 15 is 0 Å². The number of nitrogens with one attached hydrogen (secondary N) is 3. The molecule has 0 bridgehead atoms. The SMILES string of the molecule is CSCC[C@H](NC(=O)CN1C(=O)NC2(CCCC2)C1=O)c1nc2ccccc2[nH]1. The Labute approximate surface area is 173 Å². The predicted octanol–water partition coefficient (Wildman–Crippen LogP) is 2.34. The Balaban J connectivity index is 1.46. The van der Waals surface area contributed by atoms with Gasteiger partial charge in [-0.05, 0) is 43.4 Å². The number of hydrogen-bond acceptors (Lipinski definition) is 5. The van der Waals surface area contributed by atoms with Crippen LogP contribution in [0.3, 0.4) is 0 Å². The zero-order chi connectivity index (χ0) is 20.4. The number of aromatic nitrogens is 2. The number of para-hydroxylation sites is 2. The lowest BCUT2D eigenvalue weighted by atomic mass is 9.98. The fourth-order valence-electron chi connectivity index (χ4n) is 4.17. The summed E-state index contributed by atoms with van der Waals surface area (Å²) in [6.07, 6.45) is 5.81. The van der Waals surface area contributed by atoms with Gasteiger partial charge in [-0.3, -0.25) is 14.5 Å². The van der Waals surface area contributed by atoms with Crippen molar-refractivity contribution in [1.82, 2.24) is 25.5 Å². The molecule has 9 heteroatoms. The number of rotatable bonds is 7. The summed E-state index contributed by atoms with van der Waals surface area (Å²) in [4.78, 5) is 46.7. The largest absolute Gasteiger partial charge is 0.345 e. The molecule has 1 aromatic heterocycles. The second-order valence-corrected chi connectivity index (χ2v) is 8.64. The molecular weight excluding hydrogens is 390 g/mol. The van der Waals surface area contributed by atoms with E-state index in [1.807, 2.05) is 30.5 Å². The molecule has 2 aliphatic rings. The van der Waals surface area contributed by atoms with Gasteiger partial charge in [0.05, 0.1) is 17.1 Å². The third-order valence-corrected chi connectivity index (χ3v) is 6.33. The van der Waals surface area contributed by atoms with Crippen LogP contribution in [0, 0.1) is 0 Å². The first-order valence-corrected chi connectivity index (χ1v) is 11.3. The van der Waals surface area contributed by atoms with E-state index < -0.39 is 11.6 Å². The number of amides is 4. The molecule has 1 aliphatic carbocycles. The number of hydrogen-bond donors (Lipinski definition) is 3. The van der Waals surface area contributed by atoms with Crippen molar-refractivity contribution >= 4 is 40.6 Å². The molecule has 4 amide bonds. The highest BCUT2D eigenvalue weighted by atomic mass is 32.2. The van der Waals surface area contributed by atoms with Crippen molar-refractivity contribution in [3.8, 4) is 0 Å². The molecule has 3 N–H and O–H groups in total. The number of thioether (sulfide) groups is 1. The van der Waals surface area contributed by atoms with Gasteiger partial charge in [-0.1, -0.05) is 25.0 Å². The molecule has 2 aromatic rings. The lowest BCUT2D eigenvalue weighted by molar-refractivity contribution is -0.135. The van der Waals surface area contributed by atoms with Crippen LogP contribution < -0.4 is 10.6 Å². The Hall–Kier alpha value is -2.55. The summed E-state index contributed by atoms with van der Waals surface area (Å²) in [5, 5.41) is 5.76. The van der Waals surface area contributed by atoms with Crippen molar-refractivity contribution in [2.24, 2.45) is 0 Å². The number of imidazole rings is 1. The molecular formula is C20H25N5O3S. The number of aromatic amines is 1. The van der Waals surface area contributed by atoms with E-state index in [0.29, 0.717) is 25.1 Å². The third kappa shape index (κ3) is 3.83. The minimum Gasteiger partial charge on any atom is -0.345 e. The topological polar surface area (TPSA) is 107 Å². The fraction of sp³-hybridized carbons (Fsp3) is 0.500. The van der Waals surface area contributed by atoms with Crippen LogP contribution in [0.25, 0.3) is 11.0 Å². The molecule has 8 nitrogen and oxygen atoms in total. The van der Waals surface area contributed by atoms with Gasteiger partial charge >= 0.3 is 6.03 Å². The summed E-state index contributed by atoms with van der Waals surface area (Å²) < 4.78 is 0. The van der Waals surface area contributed by atoms with Crippen LogP contribution in [0.5, 0.6) is 0 Å². The van der Waals surface area contributed by atoms with Crippen LogP contribution in [-0.4, -0.2) is 56.8 Å². The molecule has 0 radical (unpaired) electrons. The summed E-state index contributed by atoms with van der Waals surface area (Å²) in [7, 11) is 0. The summed E-state index contributed by atoms with van der Waals surface area (Å²) >= 11 is 1.68. The van der Waals surface area contributed by atoms with Crippen LogP contribution in [-0.2, 0) is 9.59 Å². The maximum absolute atomic E-state index is 12.8. The van der Waals surface area contributed by atoms with Gasteiger partial charge in [-0.25, -0.2) is 9.78 Å². The highest BCUT2D eigenvalue weighted by Gasteiger charge is 2.52. The molecule has 1 aromatic carbocycles. The van der Waals surface area contributed by atoms with E-state index in [-0.39, 0.29) is 24.4 Å². The average molecular weight is 416 g/mol. The van der Waals surface area contributed by atoms with E-state index in [1.54, 1.807) is 11.8 Å². The summed E-state index contributed by atoms with van der Waals surface area (Å²) in [5.41, 5.74) is 0.945. The van der Waals surface area contributed by atoms with Crippen LogP contribution >= 0.6 is 11.8 Å². The Bertz CT molecular complexity index is 904. The predicted molar refractivity (Wildman–Crippen MR) is 111 cm³/mol. The van der Waals surface area contributed by atoms with Gasteiger partial charge in [-0.2, -0.15) is 11.8 Å². The number of urea groups is 1. The molecule has 1 saturated heterocycles. The van der Waals surface area contributed by atoms with Gasteiger partial charge in [0, 0.05) is 0 Å². The zero-order valence-corrected chi connectivity index (χ0v) is 17.2. The van der Waals surface area contributed by atoms with Crippen LogP contribution in [0.1, 0.15) is 44.0 Å². The first-order valence-electron chi connectivity index (χ1n) is 9.89. The third-order valence-electron chi connectivity index (χ3n) is 5.69. The highest BCUT2D eigenvalue weighted by Crippen LogP contribution is 2.35. The average Bonchev–Trinajstić information content (AvgIpc) is 3.40. The molecule has 1 atom stereocenters. The van der Waals surface area contributed by atoms with Gasteiger partial charge in [-0.15, -0.1) is 0 Å². The lowest BCUT2D eigenvalue weighted by Crippen LogP contribution is -2.45. The number of benzene rings is 1. The smallest absolute Gasteiger partial charge is 0.325 e. The summed E-state index contributed by atoms with van der Waals surface area (Å²) in [6.45, 7) is -0.275. The molecule has 1 aliphatic heterocycles. The molecule has 0 unspecified atom stereocenters. The number of H-pyrrole nitrogens is 1. The molecule has 1 saturated carbocycles. The number of carbonyl (C=O) groups excluding carboxylic acids is 3. The highest BCUT2D eigenvalue weighted by molar-refractivity contribution is 7.98. The Morgan fingerprint density at radius 2 is 2.07 bits per heavy atom. The number of fused-ring (bicyclic) bond motifs is 1. The summed E-state index contributed by atoms with van der Waals surface area (Å²) in [6, 6.07) is 6.90. The van der Waals surface area contributed by atoms with E-state index in [0.717, 1.165) is 34.5 Å². The van der Waals surface area contributed by atoms with Gasteiger partial charge in [0.15, 0.2) is 0 Å². The fourth-order valence-corrected chi connectivity index (χ4v) is 4.64. The Kier molecular flexibility index (Phi) is 5.49. The minimum absolute atomic E-state index is 0.275. The van der Waals surface area contributed by atoms with Crippen LogP contribution in [0.15, 0.2) is 24.3 Å². The van der Waals surface area contributed by atoms with Crippen LogP contribution in [0.4, 0.5) is 4.79 Å². The Morgan fingerprint density at radius 3 is 2.79 bits per heavy atom. The first-order chi connectivity index (χ1) is 14.0. The molecule has 2 fully saturated rings. The van der Waals surface area contributed by atoms with E-state index in [9.17, 15) is 14.4 Å². The number of imide groups is 1. The normalized spacial score (nSPS) is 19.1. The first kappa shape index (κ1) is 19.8. The molecule has 1 spiro atoms. The van der Waals surface area contributed by atoms with Crippen molar-refractivity contribution in [3.05, 3.63) is 30.1 Å². The number of nitrogens with zero attached hydrogens (tertiary/aromatic N) is 2. The van der Waals surface area contributed by atoms with Gasteiger partial charge < -0.3 is 15.6 Å². The van der Waals surface area contributed by atoms with Crippen molar-refractivity contribution < 1.29 is 14.4 Å². The molecule has 4 rings (SSSR count). The van der Waals surface area contributed by atoms with E-state index in [4.69, 9.17) is 0 Å².